The molecule has 2 atom stereocenters. The molecule has 4 nitrogen and oxygen atoms in total. The lowest BCUT2D eigenvalue weighted by Gasteiger charge is -2.38. The summed E-state index contributed by atoms with van der Waals surface area (Å²) in [7, 11) is 1.63. The normalized spacial score (nSPS) is 19.1. The third-order valence-electron chi connectivity index (χ3n) is 4.88. The molecule has 2 aromatic rings. The van der Waals surface area contributed by atoms with Crippen LogP contribution in [0, 0.1) is 5.92 Å². The quantitative estimate of drug-likeness (QED) is 0.785. The molecule has 3 rings (SSSR count). The third-order valence-corrected chi connectivity index (χ3v) is 5.71. The van der Waals surface area contributed by atoms with E-state index in [4.69, 9.17) is 27.9 Å². The van der Waals surface area contributed by atoms with Crippen LogP contribution in [0.4, 0.5) is 0 Å². The highest BCUT2D eigenvalue weighted by atomic mass is 35.5. The van der Waals surface area contributed by atoms with Crippen molar-refractivity contribution >= 4 is 29.2 Å². The number of carbonyl (C=O) groups is 1. The van der Waals surface area contributed by atoms with Gasteiger partial charge in [-0.15, -0.1) is 0 Å². The molecule has 0 aromatic heterocycles. The van der Waals surface area contributed by atoms with E-state index in [1.165, 1.54) is 0 Å². The molecule has 1 heterocycles. The first kappa shape index (κ1) is 19.0. The fourth-order valence-electron chi connectivity index (χ4n) is 3.63. The molecular weight excluding hydrogens is 373 g/mol. The number of hydrogen-bond acceptors (Lipinski definition) is 3. The molecule has 0 bridgehead atoms. The zero-order chi connectivity index (χ0) is 18.7. The van der Waals surface area contributed by atoms with E-state index in [9.17, 15) is 9.90 Å². The number of ether oxygens (including phenoxy) is 1. The van der Waals surface area contributed by atoms with Crippen LogP contribution in [-0.4, -0.2) is 36.2 Å². The van der Waals surface area contributed by atoms with Crippen molar-refractivity contribution in [2.24, 2.45) is 5.92 Å². The van der Waals surface area contributed by atoms with Gasteiger partial charge in [-0.25, -0.2) is 0 Å². The zero-order valence-corrected chi connectivity index (χ0v) is 16.0. The van der Waals surface area contributed by atoms with Crippen LogP contribution in [0.25, 0.3) is 0 Å². The molecule has 1 aliphatic heterocycles. The number of aliphatic carboxylic acids is 1. The first-order valence-corrected chi connectivity index (χ1v) is 9.32. The Morgan fingerprint density at radius 2 is 1.92 bits per heavy atom. The largest absolute Gasteiger partial charge is 0.496 e. The molecule has 1 N–H and O–H groups in total. The molecular formula is C20H21Cl2NO3. The molecule has 138 valence electrons. The summed E-state index contributed by atoms with van der Waals surface area (Å²) in [5.41, 5.74) is 1.81. The molecule has 2 unspecified atom stereocenters. The molecule has 0 radical (unpaired) electrons. The summed E-state index contributed by atoms with van der Waals surface area (Å²) in [5.74, 6) is -0.407. The van der Waals surface area contributed by atoms with Crippen LogP contribution in [0.3, 0.4) is 0 Å². The van der Waals surface area contributed by atoms with Crippen LogP contribution >= 0.6 is 23.2 Å². The van der Waals surface area contributed by atoms with Crippen LogP contribution < -0.4 is 4.74 Å². The number of rotatable bonds is 5. The van der Waals surface area contributed by atoms with E-state index in [0.29, 0.717) is 23.0 Å². The minimum Gasteiger partial charge on any atom is -0.496 e. The molecule has 1 aliphatic rings. The summed E-state index contributed by atoms with van der Waals surface area (Å²) in [6, 6.07) is 13.1. The van der Waals surface area contributed by atoms with Gasteiger partial charge in [0, 0.05) is 12.1 Å². The zero-order valence-electron chi connectivity index (χ0n) is 14.5. The lowest BCUT2D eigenvalue weighted by Crippen LogP contribution is -2.41. The number of likely N-dealkylation sites (tertiary alicyclic amines) is 1. The highest BCUT2D eigenvalue weighted by molar-refractivity contribution is 6.42. The van der Waals surface area contributed by atoms with Crippen molar-refractivity contribution in [2.75, 3.05) is 20.2 Å². The number of nitrogens with zero attached hydrogens (tertiary/aromatic N) is 1. The van der Waals surface area contributed by atoms with Gasteiger partial charge < -0.3 is 9.84 Å². The summed E-state index contributed by atoms with van der Waals surface area (Å²) in [4.78, 5) is 13.7. The Labute approximate surface area is 163 Å². The van der Waals surface area contributed by atoms with Crippen molar-refractivity contribution in [1.29, 1.82) is 0 Å². The molecule has 26 heavy (non-hydrogen) atoms. The number of benzene rings is 2. The number of carboxylic acids is 1. The Morgan fingerprint density at radius 3 is 2.65 bits per heavy atom. The maximum atomic E-state index is 11.5. The Balaban J connectivity index is 2.10. The summed E-state index contributed by atoms with van der Waals surface area (Å²) in [6.07, 6.45) is 1.51. The smallest absolute Gasteiger partial charge is 0.307 e. The fourth-order valence-corrected chi connectivity index (χ4v) is 4.04. The second kappa shape index (κ2) is 8.30. The number of methoxy groups -OCH3 is 1. The number of para-hydroxylation sites is 1. The van der Waals surface area contributed by atoms with Crippen molar-refractivity contribution in [3.05, 3.63) is 63.6 Å². The predicted octanol–water partition coefficient (Wildman–Crippen LogP) is 4.89. The Bertz CT molecular complexity index is 796. The number of halogens is 2. The van der Waals surface area contributed by atoms with E-state index in [-0.39, 0.29) is 12.0 Å². The van der Waals surface area contributed by atoms with Crippen LogP contribution in [-0.2, 0) is 4.79 Å². The fraction of sp³-hybridized carbons (Fsp3) is 0.350. The summed E-state index contributed by atoms with van der Waals surface area (Å²) in [6.45, 7) is 1.25. The van der Waals surface area contributed by atoms with Crippen LogP contribution in [0.5, 0.6) is 5.75 Å². The lowest BCUT2D eigenvalue weighted by molar-refractivity contribution is -0.143. The van der Waals surface area contributed by atoms with E-state index in [1.807, 2.05) is 36.4 Å². The SMILES string of the molecule is COc1ccccc1C(c1cccc(Cl)c1Cl)N1CCCC(C(=O)O)C1. The van der Waals surface area contributed by atoms with Gasteiger partial charge in [-0.2, -0.15) is 0 Å². The van der Waals surface area contributed by atoms with Gasteiger partial charge in [0.2, 0.25) is 0 Å². The maximum Gasteiger partial charge on any atom is 0.307 e. The van der Waals surface area contributed by atoms with Crippen molar-refractivity contribution in [2.45, 2.75) is 18.9 Å². The highest BCUT2D eigenvalue weighted by Gasteiger charge is 2.33. The minimum absolute atomic E-state index is 0.223. The van der Waals surface area contributed by atoms with Crippen molar-refractivity contribution < 1.29 is 14.6 Å². The first-order chi connectivity index (χ1) is 12.5. The Kier molecular flexibility index (Phi) is 6.07. The lowest BCUT2D eigenvalue weighted by atomic mass is 9.91. The summed E-state index contributed by atoms with van der Waals surface area (Å²) < 4.78 is 5.56. The maximum absolute atomic E-state index is 11.5. The molecule has 1 fully saturated rings. The van der Waals surface area contributed by atoms with E-state index in [2.05, 4.69) is 4.90 Å². The minimum atomic E-state index is -0.759. The van der Waals surface area contributed by atoms with Gasteiger partial charge in [0.1, 0.15) is 5.75 Å². The van der Waals surface area contributed by atoms with Gasteiger partial charge in [0.15, 0.2) is 0 Å². The van der Waals surface area contributed by atoms with Gasteiger partial charge in [-0.1, -0.05) is 53.5 Å². The second-order valence-corrected chi connectivity index (χ2v) is 7.25. The topological polar surface area (TPSA) is 49.8 Å². The van der Waals surface area contributed by atoms with Crippen LogP contribution in [0.1, 0.15) is 30.0 Å². The van der Waals surface area contributed by atoms with Gasteiger partial charge in [0.05, 0.1) is 29.1 Å². The molecule has 6 heteroatoms. The monoisotopic (exact) mass is 393 g/mol. The van der Waals surface area contributed by atoms with Gasteiger partial charge >= 0.3 is 5.97 Å². The number of carboxylic acid groups (broad SMARTS) is 1. The predicted molar refractivity (Wildman–Crippen MR) is 103 cm³/mol. The van der Waals surface area contributed by atoms with Crippen LogP contribution in [0.15, 0.2) is 42.5 Å². The van der Waals surface area contributed by atoms with Gasteiger partial charge in [-0.3, -0.25) is 9.69 Å². The standard InChI is InChI=1S/C20H21Cl2NO3/c1-26-17-10-3-2-7-14(17)19(15-8-4-9-16(21)18(15)22)23-11-5-6-13(12-23)20(24)25/h2-4,7-10,13,19H,5-6,11-12H2,1H3,(H,24,25). The second-order valence-electron chi connectivity index (χ2n) is 6.46. The first-order valence-electron chi connectivity index (χ1n) is 8.56. The molecule has 1 saturated heterocycles. The number of piperidine rings is 1. The molecule has 0 aliphatic carbocycles. The van der Waals surface area contributed by atoms with E-state index >= 15 is 0 Å². The average molecular weight is 394 g/mol. The summed E-state index contributed by atoms with van der Waals surface area (Å²) >= 11 is 12.8. The van der Waals surface area contributed by atoms with Crippen molar-refractivity contribution in [3.8, 4) is 5.75 Å². The van der Waals surface area contributed by atoms with Crippen molar-refractivity contribution in [1.82, 2.24) is 4.90 Å². The molecule has 2 aromatic carbocycles. The summed E-state index contributed by atoms with van der Waals surface area (Å²) in [5, 5.41) is 10.5. The van der Waals surface area contributed by atoms with Gasteiger partial charge in [-0.05, 0) is 37.1 Å². The Hall–Kier alpha value is -1.75. The molecule has 0 spiro atoms. The van der Waals surface area contributed by atoms with E-state index in [1.54, 1.807) is 13.2 Å². The number of hydrogen-bond donors (Lipinski definition) is 1. The van der Waals surface area contributed by atoms with E-state index in [0.717, 1.165) is 29.8 Å². The van der Waals surface area contributed by atoms with Gasteiger partial charge in [0.25, 0.3) is 0 Å². The third kappa shape index (κ3) is 3.83. The average Bonchev–Trinajstić information content (AvgIpc) is 2.66. The van der Waals surface area contributed by atoms with Crippen LogP contribution in [0.2, 0.25) is 10.0 Å². The highest BCUT2D eigenvalue weighted by Crippen LogP contribution is 2.41. The van der Waals surface area contributed by atoms with Crippen molar-refractivity contribution in [3.63, 3.8) is 0 Å². The Morgan fingerprint density at radius 1 is 1.19 bits per heavy atom. The molecule has 0 amide bonds. The van der Waals surface area contributed by atoms with E-state index < -0.39 is 5.97 Å². The molecule has 0 saturated carbocycles.